The van der Waals surface area contributed by atoms with Gasteiger partial charge in [0.15, 0.2) is 0 Å². The van der Waals surface area contributed by atoms with Crippen molar-refractivity contribution in [2.24, 2.45) is 0 Å². The summed E-state index contributed by atoms with van der Waals surface area (Å²) in [6.07, 6.45) is 2.29. The van der Waals surface area contributed by atoms with Crippen molar-refractivity contribution in [3.05, 3.63) is 25.3 Å². The maximum absolute atomic E-state index is 11.7. The lowest BCUT2D eigenvalue weighted by molar-refractivity contribution is -0.144. The van der Waals surface area contributed by atoms with Gasteiger partial charge in [-0.2, -0.15) is 0 Å². The maximum Gasteiger partial charge on any atom is 0.408 e. The summed E-state index contributed by atoms with van der Waals surface area (Å²) in [5, 5.41) is 11.7. The first kappa shape index (κ1) is 16.2. The van der Waals surface area contributed by atoms with Gasteiger partial charge in [-0.1, -0.05) is 12.2 Å². The minimum absolute atomic E-state index is 0.0909. The summed E-state index contributed by atoms with van der Waals surface area (Å²) in [5.74, 6) is -1.15. The van der Waals surface area contributed by atoms with Crippen molar-refractivity contribution in [3.8, 4) is 0 Å². The summed E-state index contributed by atoms with van der Waals surface area (Å²) in [4.78, 5) is 23.0. The first-order valence-corrected chi connectivity index (χ1v) is 5.63. The molecule has 0 fully saturated rings. The van der Waals surface area contributed by atoms with Gasteiger partial charge in [0.1, 0.15) is 11.1 Å². The number of amides is 1. The van der Waals surface area contributed by atoms with E-state index in [1.165, 1.54) is 12.2 Å². The van der Waals surface area contributed by atoms with Gasteiger partial charge in [-0.15, -0.1) is 13.2 Å². The lowest BCUT2D eigenvalue weighted by Gasteiger charge is -2.30. The third-order valence-electron chi connectivity index (χ3n) is 2.14. The van der Waals surface area contributed by atoms with Crippen LogP contribution in [0.1, 0.15) is 33.6 Å². The molecule has 0 unspecified atom stereocenters. The van der Waals surface area contributed by atoms with Gasteiger partial charge in [-0.25, -0.2) is 9.59 Å². The van der Waals surface area contributed by atoms with Crippen LogP contribution in [0.25, 0.3) is 0 Å². The van der Waals surface area contributed by atoms with E-state index < -0.39 is 23.2 Å². The van der Waals surface area contributed by atoms with Gasteiger partial charge in [0, 0.05) is 0 Å². The van der Waals surface area contributed by atoms with Crippen molar-refractivity contribution >= 4 is 12.1 Å². The Labute approximate surface area is 108 Å². The molecule has 0 saturated heterocycles. The van der Waals surface area contributed by atoms with E-state index in [0.29, 0.717) is 0 Å². The molecular formula is C13H21NO4. The Hall–Kier alpha value is -1.78. The largest absolute Gasteiger partial charge is 0.479 e. The average Bonchev–Trinajstić information content (AvgIpc) is 2.14. The van der Waals surface area contributed by atoms with Crippen LogP contribution in [0, 0.1) is 0 Å². The smallest absolute Gasteiger partial charge is 0.408 e. The second-order valence-corrected chi connectivity index (χ2v) is 5.00. The van der Waals surface area contributed by atoms with E-state index in [1.807, 2.05) is 0 Å². The lowest BCUT2D eigenvalue weighted by Crippen LogP contribution is -2.55. The third-order valence-corrected chi connectivity index (χ3v) is 2.14. The first-order valence-electron chi connectivity index (χ1n) is 5.63. The molecule has 0 aliphatic heterocycles. The Morgan fingerprint density at radius 1 is 1.22 bits per heavy atom. The number of alkyl carbamates (subject to hydrolysis) is 1. The number of hydrogen-bond donors (Lipinski definition) is 2. The fourth-order valence-corrected chi connectivity index (χ4v) is 1.41. The fourth-order valence-electron chi connectivity index (χ4n) is 1.41. The molecule has 2 N–H and O–H groups in total. The van der Waals surface area contributed by atoms with Crippen LogP contribution in [-0.4, -0.2) is 28.3 Å². The van der Waals surface area contributed by atoms with Crippen LogP contribution < -0.4 is 5.32 Å². The molecule has 0 aliphatic carbocycles. The topological polar surface area (TPSA) is 75.6 Å². The standard InChI is InChI=1S/C13H21NO4/c1-6-8-13(9-7-2,10(15)16)14-11(17)18-12(3,4)5/h6-7H,1-2,8-9H2,3-5H3,(H,14,17)(H,15,16). The van der Waals surface area contributed by atoms with Crippen LogP contribution >= 0.6 is 0 Å². The minimum Gasteiger partial charge on any atom is -0.479 e. The SMILES string of the molecule is C=CCC(CC=C)(NC(=O)OC(C)(C)C)C(=O)O. The van der Waals surface area contributed by atoms with Crippen LogP contribution in [0.3, 0.4) is 0 Å². The Morgan fingerprint density at radius 3 is 1.94 bits per heavy atom. The van der Waals surface area contributed by atoms with E-state index in [1.54, 1.807) is 20.8 Å². The van der Waals surface area contributed by atoms with Crippen molar-refractivity contribution in [2.45, 2.75) is 44.8 Å². The summed E-state index contributed by atoms with van der Waals surface area (Å²) in [6.45, 7) is 12.1. The number of carbonyl (C=O) groups is 2. The molecule has 0 heterocycles. The first-order chi connectivity index (χ1) is 8.17. The molecule has 0 saturated carbocycles. The monoisotopic (exact) mass is 255 g/mol. The highest BCUT2D eigenvalue weighted by Crippen LogP contribution is 2.19. The van der Waals surface area contributed by atoms with Gasteiger partial charge in [-0.3, -0.25) is 0 Å². The molecule has 0 bridgehead atoms. The Balaban J connectivity index is 4.98. The van der Waals surface area contributed by atoms with Crippen molar-refractivity contribution in [2.75, 3.05) is 0 Å². The number of carboxylic acids is 1. The zero-order chi connectivity index (χ0) is 14.4. The van der Waals surface area contributed by atoms with Crippen LogP contribution in [0.2, 0.25) is 0 Å². The molecule has 0 radical (unpaired) electrons. The normalized spacial score (nSPS) is 11.5. The molecule has 0 atom stereocenters. The third kappa shape index (κ3) is 5.03. The fraction of sp³-hybridized carbons (Fsp3) is 0.538. The number of carbonyl (C=O) groups excluding carboxylic acids is 1. The van der Waals surface area contributed by atoms with Gasteiger partial charge in [-0.05, 0) is 33.6 Å². The van der Waals surface area contributed by atoms with Crippen LogP contribution in [0.4, 0.5) is 4.79 Å². The van der Waals surface area contributed by atoms with Gasteiger partial charge >= 0.3 is 12.1 Å². The predicted octanol–water partition coefficient (Wildman–Crippen LogP) is 2.49. The Bertz CT molecular complexity index is 331. The van der Waals surface area contributed by atoms with E-state index in [4.69, 9.17) is 4.74 Å². The van der Waals surface area contributed by atoms with Crippen molar-refractivity contribution < 1.29 is 19.4 Å². The van der Waals surface area contributed by atoms with Crippen molar-refractivity contribution in [1.29, 1.82) is 0 Å². The summed E-state index contributed by atoms with van der Waals surface area (Å²) in [5.41, 5.74) is -2.14. The van der Waals surface area contributed by atoms with E-state index in [2.05, 4.69) is 18.5 Å². The number of aliphatic carboxylic acids is 1. The van der Waals surface area contributed by atoms with Gasteiger partial charge in [0.2, 0.25) is 0 Å². The van der Waals surface area contributed by atoms with Crippen LogP contribution in [-0.2, 0) is 9.53 Å². The summed E-state index contributed by atoms with van der Waals surface area (Å²) < 4.78 is 5.05. The molecular weight excluding hydrogens is 234 g/mol. The van der Waals surface area contributed by atoms with Gasteiger partial charge < -0.3 is 15.2 Å². The Kier molecular flexibility index (Phi) is 5.62. The number of hydrogen-bond acceptors (Lipinski definition) is 3. The van der Waals surface area contributed by atoms with E-state index in [-0.39, 0.29) is 12.8 Å². The average molecular weight is 255 g/mol. The zero-order valence-electron chi connectivity index (χ0n) is 11.2. The molecule has 0 aliphatic rings. The quantitative estimate of drug-likeness (QED) is 0.715. The molecule has 0 spiro atoms. The van der Waals surface area contributed by atoms with Gasteiger partial charge in [0.25, 0.3) is 0 Å². The number of carboxylic acid groups (broad SMARTS) is 1. The number of ether oxygens (including phenoxy) is 1. The zero-order valence-corrected chi connectivity index (χ0v) is 11.2. The highest BCUT2D eigenvalue weighted by Gasteiger charge is 2.39. The van der Waals surface area contributed by atoms with E-state index in [9.17, 15) is 14.7 Å². The van der Waals surface area contributed by atoms with Gasteiger partial charge in [0.05, 0.1) is 0 Å². The Morgan fingerprint density at radius 2 is 1.67 bits per heavy atom. The van der Waals surface area contributed by atoms with E-state index in [0.717, 1.165) is 0 Å². The number of rotatable bonds is 6. The highest BCUT2D eigenvalue weighted by atomic mass is 16.6. The molecule has 5 heteroatoms. The summed E-state index contributed by atoms with van der Waals surface area (Å²) in [6, 6.07) is 0. The molecule has 102 valence electrons. The maximum atomic E-state index is 11.7. The second-order valence-electron chi connectivity index (χ2n) is 5.00. The molecule has 0 aromatic heterocycles. The predicted molar refractivity (Wildman–Crippen MR) is 69.4 cm³/mol. The molecule has 5 nitrogen and oxygen atoms in total. The summed E-state index contributed by atoms with van der Waals surface area (Å²) in [7, 11) is 0. The molecule has 1 amide bonds. The highest BCUT2D eigenvalue weighted by molar-refractivity contribution is 5.84. The molecule has 18 heavy (non-hydrogen) atoms. The molecule has 0 aromatic carbocycles. The van der Waals surface area contributed by atoms with Crippen molar-refractivity contribution in [1.82, 2.24) is 5.32 Å². The van der Waals surface area contributed by atoms with Crippen LogP contribution in [0.15, 0.2) is 25.3 Å². The second kappa shape index (κ2) is 6.23. The minimum atomic E-state index is -1.45. The molecule has 0 rings (SSSR count). The van der Waals surface area contributed by atoms with Crippen LogP contribution in [0.5, 0.6) is 0 Å². The summed E-state index contributed by atoms with van der Waals surface area (Å²) >= 11 is 0. The van der Waals surface area contributed by atoms with E-state index >= 15 is 0 Å². The van der Waals surface area contributed by atoms with Crippen molar-refractivity contribution in [3.63, 3.8) is 0 Å². The number of nitrogens with one attached hydrogen (secondary N) is 1. The lowest BCUT2D eigenvalue weighted by atomic mass is 9.91. The molecule has 0 aromatic rings.